The number of nitrogens with zero attached hydrogens (tertiary/aromatic N) is 3. The molecule has 0 unspecified atom stereocenters. The Bertz CT molecular complexity index is 715. The molecule has 2 heterocycles. The fourth-order valence-corrected chi connectivity index (χ4v) is 2.19. The number of hydrogen-bond donors (Lipinski definition) is 0. The lowest BCUT2D eigenvalue weighted by molar-refractivity contribution is -0.384. The van der Waals surface area contributed by atoms with Crippen molar-refractivity contribution in [3.8, 4) is 0 Å². The van der Waals surface area contributed by atoms with E-state index in [1.807, 2.05) is 0 Å². The van der Waals surface area contributed by atoms with Gasteiger partial charge in [0.25, 0.3) is 0 Å². The van der Waals surface area contributed by atoms with Crippen LogP contribution in [0, 0.1) is 10.1 Å². The molecule has 0 fully saturated rings. The first-order chi connectivity index (χ1) is 10.4. The number of rotatable bonds is 5. The van der Waals surface area contributed by atoms with E-state index < -0.39 is 10.9 Å². The number of carbonyl (C=O) groups excluding carboxylic acids is 1. The topological polar surface area (TPSA) is 98.7 Å². The van der Waals surface area contributed by atoms with Crippen LogP contribution >= 0.6 is 15.9 Å². The molecular formula is C13H12BrN3O5. The molecule has 0 aliphatic heterocycles. The van der Waals surface area contributed by atoms with Gasteiger partial charge in [-0.15, -0.1) is 0 Å². The van der Waals surface area contributed by atoms with Crippen molar-refractivity contribution in [2.75, 3.05) is 19.1 Å². The predicted molar refractivity (Wildman–Crippen MR) is 80.7 cm³/mol. The molecule has 9 heteroatoms. The van der Waals surface area contributed by atoms with Gasteiger partial charge in [0.2, 0.25) is 5.82 Å². The highest BCUT2D eigenvalue weighted by molar-refractivity contribution is 9.10. The SMILES string of the molecule is COC(=O)c1cnc(N(C)Cc2ccc(Br)o2)c([N+](=O)[O-])c1. The Labute approximate surface area is 134 Å². The molecule has 0 N–H and O–H groups in total. The normalized spacial score (nSPS) is 10.3. The minimum absolute atomic E-state index is 0.0205. The number of halogens is 1. The van der Waals surface area contributed by atoms with Gasteiger partial charge in [0.15, 0.2) is 4.67 Å². The quantitative estimate of drug-likeness (QED) is 0.453. The lowest BCUT2D eigenvalue weighted by Crippen LogP contribution is -2.19. The molecule has 22 heavy (non-hydrogen) atoms. The maximum atomic E-state index is 11.4. The van der Waals surface area contributed by atoms with Crippen molar-refractivity contribution >= 4 is 33.4 Å². The second kappa shape index (κ2) is 6.56. The van der Waals surface area contributed by atoms with E-state index in [2.05, 4.69) is 25.7 Å². The minimum Gasteiger partial charge on any atom is -0.465 e. The Morgan fingerprint density at radius 1 is 1.55 bits per heavy atom. The van der Waals surface area contributed by atoms with Gasteiger partial charge in [-0.05, 0) is 28.1 Å². The van der Waals surface area contributed by atoms with Crippen LogP contribution in [0.5, 0.6) is 0 Å². The van der Waals surface area contributed by atoms with Gasteiger partial charge in [0.1, 0.15) is 5.76 Å². The number of hydrogen-bond acceptors (Lipinski definition) is 7. The molecule has 0 aliphatic rings. The van der Waals surface area contributed by atoms with Crippen molar-refractivity contribution in [1.29, 1.82) is 0 Å². The minimum atomic E-state index is -0.681. The Morgan fingerprint density at radius 3 is 2.82 bits per heavy atom. The van der Waals surface area contributed by atoms with Crippen molar-refractivity contribution in [2.45, 2.75) is 6.54 Å². The van der Waals surface area contributed by atoms with Gasteiger partial charge in [-0.2, -0.15) is 0 Å². The van der Waals surface area contributed by atoms with E-state index in [1.54, 1.807) is 24.1 Å². The van der Waals surface area contributed by atoms with E-state index in [0.29, 0.717) is 10.4 Å². The zero-order chi connectivity index (χ0) is 16.3. The van der Waals surface area contributed by atoms with Crippen LogP contribution in [0.15, 0.2) is 33.5 Å². The second-order valence-corrected chi connectivity index (χ2v) is 5.16. The first kappa shape index (κ1) is 16.0. The summed E-state index contributed by atoms with van der Waals surface area (Å²) in [4.78, 5) is 27.6. The first-order valence-electron chi connectivity index (χ1n) is 6.10. The Kier molecular flexibility index (Phi) is 4.76. The van der Waals surface area contributed by atoms with Crippen LogP contribution in [-0.2, 0) is 11.3 Å². The summed E-state index contributed by atoms with van der Waals surface area (Å²) in [6, 6.07) is 4.61. The molecule has 2 rings (SSSR count). The summed E-state index contributed by atoms with van der Waals surface area (Å²) in [5.74, 6) is 0.0625. The number of furan rings is 1. The Balaban J connectivity index is 2.32. The number of pyridine rings is 1. The smallest absolute Gasteiger partial charge is 0.339 e. The first-order valence-corrected chi connectivity index (χ1v) is 6.89. The van der Waals surface area contributed by atoms with E-state index >= 15 is 0 Å². The molecule has 116 valence electrons. The number of nitro groups is 1. The van der Waals surface area contributed by atoms with Crippen LogP contribution in [0.2, 0.25) is 0 Å². The monoisotopic (exact) mass is 369 g/mol. The predicted octanol–water partition coefficient (Wildman–Crippen LogP) is 2.77. The zero-order valence-electron chi connectivity index (χ0n) is 11.8. The van der Waals surface area contributed by atoms with Crippen molar-refractivity contribution in [3.63, 3.8) is 0 Å². The van der Waals surface area contributed by atoms with Gasteiger partial charge in [0.05, 0.1) is 24.1 Å². The fourth-order valence-electron chi connectivity index (χ4n) is 1.85. The third-order valence-electron chi connectivity index (χ3n) is 2.85. The maximum Gasteiger partial charge on any atom is 0.339 e. The number of methoxy groups -OCH3 is 1. The number of carbonyl (C=O) groups is 1. The summed E-state index contributed by atoms with van der Waals surface area (Å²) in [5.41, 5.74) is -0.261. The van der Waals surface area contributed by atoms with Gasteiger partial charge in [0, 0.05) is 19.3 Å². The average molecular weight is 370 g/mol. The molecule has 0 amide bonds. The molecule has 8 nitrogen and oxygen atoms in total. The summed E-state index contributed by atoms with van der Waals surface area (Å²) in [6.45, 7) is 0.289. The molecule has 2 aromatic heterocycles. The van der Waals surface area contributed by atoms with Crippen LogP contribution in [0.1, 0.15) is 16.1 Å². The third-order valence-corrected chi connectivity index (χ3v) is 3.27. The van der Waals surface area contributed by atoms with Gasteiger partial charge in [-0.1, -0.05) is 0 Å². The zero-order valence-corrected chi connectivity index (χ0v) is 13.4. The second-order valence-electron chi connectivity index (χ2n) is 4.38. The highest BCUT2D eigenvalue weighted by atomic mass is 79.9. The van der Waals surface area contributed by atoms with Crippen LogP contribution in [0.25, 0.3) is 0 Å². The maximum absolute atomic E-state index is 11.4. The summed E-state index contributed by atoms with van der Waals surface area (Å²) >= 11 is 3.19. The number of anilines is 1. The summed E-state index contributed by atoms with van der Waals surface area (Å²) in [7, 11) is 2.84. The van der Waals surface area contributed by atoms with Crippen LogP contribution in [0.4, 0.5) is 11.5 Å². The molecule has 0 spiro atoms. The number of ether oxygens (including phenoxy) is 1. The molecule has 0 aromatic carbocycles. The molecule has 0 saturated heterocycles. The lowest BCUT2D eigenvalue weighted by Gasteiger charge is -2.16. The Morgan fingerprint density at radius 2 is 2.27 bits per heavy atom. The Hall–Kier alpha value is -2.42. The highest BCUT2D eigenvalue weighted by Crippen LogP contribution is 2.27. The van der Waals surface area contributed by atoms with Crippen LogP contribution in [-0.4, -0.2) is 30.0 Å². The van der Waals surface area contributed by atoms with E-state index in [1.165, 1.54) is 13.3 Å². The number of esters is 1. The molecule has 0 aliphatic carbocycles. The fraction of sp³-hybridized carbons (Fsp3) is 0.231. The van der Waals surface area contributed by atoms with Gasteiger partial charge >= 0.3 is 11.7 Å². The number of aromatic nitrogens is 1. The van der Waals surface area contributed by atoms with Crippen LogP contribution in [0.3, 0.4) is 0 Å². The van der Waals surface area contributed by atoms with Crippen LogP contribution < -0.4 is 4.90 Å². The van der Waals surface area contributed by atoms with E-state index in [4.69, 9.17) is 4.42 Å². The molecular weight excluding hydrogens is 358 g/mol. The average Bonchev–Trinajstić information content (AvgIpc) is 2.90. The van der Waals surface area contributed by atoms with Crippen molar-refractivity contribution < 1.29 is 18.9 Å². The summed E-state index contributed by atoms with van der Waals surface area (Å²) in [5, 5.41) is 11.2. The van der Waals surface area contributed by atoms with Crippen molar-refractivity contribution in [1.82, 2.24) is 4.98 Å². The van der Waals surface area contributed by atoms with E-state index in [9.17, 15) is 14.9 Å². The summed E-state index contributed by atoms with van der Waals surface area (Å²) < 4.78 is 10.5. The molecule has 0 bridgehead atoms. The highest BCUT2D eigenvalue weighted by Gasteiger charge is 2.22. The largest absolute Gasteiger partial charge is 0.465 e. The van der Waals surface area contributed by atoms with Crippen molar-refractivity contribution in [2.24, 2.45) is 0 Å². The van der Waals surface area contributed by atoms with Gasteiger partial charge < -0.3 is 14.1 Å². The third kappa shape index (κ3) is 3.42. The molecule has 0 saturated carbocycles. The molecule has 0 atom stereocenters. The lowest BCUT2D eigenvalue weighted by atomic mass is 10.2. The van der Waals surface area contributed by atoms with E-state index in [0.717, 1.165) is 6.07 Å². The molecule has 0 radical (unpaired) electrons. The van der Waals surface area contributed by atoms with Crippen molar-refractivity contribution in [3.05, 3.63) is 50.5 Å². The van der Waals surface area contributed by atoms with Gasteiger partial charge in [-0.3, -0.25) is 10.1 Å². The van der Waals surface area contributed by atoms with E-state index in [-0.39, 0.29) is 23.6 Å². The molecule has 2 aromatic rings. The standard InChI is InChI=1S/C13H12BrN3O5/c1-16(7-9-3-4-11(14)22-9)12-10(17(19)20)5-8(6-15-12)13(18)21-2/h3-6H,7H2,1-2H3. The summed E-state index contributed by atoms with van der Waals surface area (Å²) in [6.07, 6.45) is 1.24. The van der Waals surface area contributed by atoms with Gasteiger partial charge in [-0.25, -0.2) is 9.78 Å².